The molecule has 0 unspecified atom stereocenters. The maximum Gasteiger partial charge on any atom is 0.255 e. The summed E-state index contributed by atoms with van der Waals surface area (Å²) in [7, 11) is 1.60. The molecule has 6 heteroatoms. The molecule has 0 aliphatic heterocycles. The second-order valence-corrected chi connectivity index (χ2v) is 6.49. The van der Waals surface area contributed by atoms with Gasteiger partial charge in [0, 0.05) is 18.8 Å². The van der Waals surface area contributed by atoms with E-state index >= 15 is 0 Å². The number of carbonyl (C=O) groups is 1. The summed E-state index contributed by atoms with van der Waals surface area (Å²) in [4.78, 5) is 21.5. The molecule has 6 nitrogen and oxygen atoms in total. The Balaban J connectivity index is 1.94. The number of aromatic nitrogens is 3. The number of nitrogens with one attached hydrogen (secondary N) is 1. The highest BCUT2D eigenvalue weighted by Crippen LogP contribution is 2.39. The zero-order valence-corrected chi connectivity index (χ0v) is 13.5. The number of methoxy groups -OCH3 is 1. The molecule has 22 heavy (non-hydrogen) atoms. The van der Waals surface area contributed by atoms with Crippen LogP contribution in [0.4, 0.5) is 0 Å². The molecular formula is C16H22N4O2. The first kappa shape index (κ1) is 15.0. The fourth-order valence-electron chi connectivity index (χ4n) is 2.82. The summed E-state index contributed by atoms with van der Waals surface area (Å²) >= 11 is 0. The van der Waals surface area contributed by atoms with E-state index in [0.29, 0.717) is 29.6 Å². The summed E-state index contributed by atoms with van der Waals surface area (Å²) in [6, 6.07) is 1.80. The Morgan fingerprint density at radius 2 is 2.18 bits per heavy atom. The predicted octanol–water partition coefficient (Wildman–Crippen LogP) is 2.10. The Labute approximate surface area is 129 Å². The van der Waals surface area contributed by atoms with Crippen LogP contribution in [0.5, 0.6) is 0 Å². The molecule has 0 spiro atoms. The number of rotatable bonds is 5. The molecule has 1 fully saturated rings. The molecular weight excluding hydrogens is 280 g/mol. The van der Waals surface area contributed by atoms with Crippen molar-refractivity contribution in [3.63, 3.8) is 0 Å². The van der Waals surface area contributed by atoms with Crippen LogP contribution in [-0.2, 0) is 11.3 Å². The lowest BCUT2D eigenvalue weighted by atomic mass is 9.98. The Morgan fingerprint density at radius 1 is 1.45 bits per heavy atom. The van der Waals surface area contributed by atoms with Crippen molar-refractivity contribution in [3.05, 3.63) is 29.5 Å². The molecule has 2 aromatic heterocycles. The van der Waals surface area contributed by atoms with Gasteiger partial charge in [0.2, 0.25) is 0 Å². The van der Waals surface area contributed by atoms with Gasteiger partial charge in [-0.15, -0.1) is 0 Å². The van der Waals surface area contributed by atoms with Crippen LogP contribution in [0.15, 0.2) is 12.3 Å². The number of fused-ring (bicyclic) bond motifs is 1. The highest BCUT2D eigenvalue weighted by Gasteiger charge is 2.39. The number of ether oxygens (including phenoxy) is 1. The van der Waals surface area contributed by atoms with Gasteiger partial charge in [-0.2, -0.15) is 0 Å². The van der Waals surface area contributed by atoms with E-state index in [2.05, 4.69) is 29.1 Å². The zero-order chi connectivity index (χ0) is 15.9. The van der Waals surface area contributed by atoms with E-state index < -0.39 is 0 Å². The first-order chi connectivity index (χ1) is 10.4. The average molecular weight is 302 g/mol. The van der Waals surface area contributed by atoms with Crippen LogP contribution in [0, 0.1) is 12.8 Å². The van der Waals surface area contributed by atoms with Gasteiger partial charge >= 0.3 is 0 Å². The first-order valence-corrected chi connectivity index (χ1v) is 7.58. The minimum absolute atomic E-state index is 0.0825. The zero-order valence-electron chi connectivity index (χ0n) is 13.5. The van der Waals surface area contributed by atoms with Crippen LogP contribution >= 0.6 is 0 Å². The largest absolute Gasteiger partial charge is 0.377 e. The topological polar surface area (TPSA) is 68.5 Å². The third-order valence-corrected chi connectivity index (χ3v) is 4.29. The summed E-state index contributed by atoms with van der Waals surface area (Å²) in [6.45, 7) is 6.38. The van der Waals surface area contributed by atoms with Crippen LogP contribution in [0.3, 0.4) is 0 Å². The van der Waals surface area contributed by atoms with Gasteiger partial charge in [0.05, 0.1) is 5.56 Å². The molecule has 118 valence electrons. The van der Waals surface area contributed by atoms with Gasteiger partial charge in [0.25, 0.3) is 5.91 Å². The summed E-state index contributed by atoms with van der Waals surface area (Å²) < 4.78 is 6.93. The van der Waals surface area contributed by atoms with Gasteiger partial charge in [0.1, 0.15) is 12.4 Å². The second-order valence-electron chi connectivity index (χ2n) is 6.49. The normalized spacial score (nSPS) is 15.3. The molecule has 2 aromatic rings. The first-order valence-electron chi connectivity index (χ1n) is 7.58. The van der Waals surface area contributed by atoms with Crippen molar-refractivity contribution < 1.29 is 9.53 Å². The highest BCUT2D eigenvalue weighted by molar-refractivity contribution is 6.00. The van der Waals surface area contributed by atoms with E-state index in [1.807, 2.05) is 17.5 Å². The van der Waals surface area contributed by atoms with Gasteiger partial charge in [0.15, 0.2) is 11.5 Å². The molecule has 0 aromatic carbocycles. The van der Waals surface area contributed by atoms with Gasteiger partial charge < -0.3 is 10.1 Å². The maximum atomic E-state index is 12.6. The third-order valence-electron chi connectivity index (χ3n) is 4.29. The predicted molar refractivity (Wildman–Crippen MR) is 82.7 cm³/mol. The van der Waals surface area contributed by atoms with Gasteiger partial charge in [-0.25, -0.2) is 9.97 Å². The van der Waals surface area contributed by atoms with E-state index in [1.54, 1.807) is 13.2 Å². The van der Waals surface area contributed by atoms with Crippen LogP contribution in [0.2, 0.25) is 0 Å². The minimum atomic E-state index is -0.178. The average Bonchev–Trinajstić information content (AvgIpc) is 3.20. The molecule has 1 aliphatic carbocycles. The smallest absolute Gasteiger partial charge is 0.255 e. The third kappa shape index (κ3) is 2.70. The van der Waals surface area contributed by atoms with Crippen LogP contribution in [0.1, 0.15) is 48.7 Å². The number of hydrogen-bond donors (Lipinski definition) is 1. The number of carbonyl (C=O) groups excluding carboxylic acids is 1. The van der Waals surface area contributed by atoms with E-state index in [-0.39, 0.29) is 11.4 Å². The molecule has 2 heterocycles. The van der Waals surface area contributed by atoms with E-state index in [9.17, 15) is 4.79 Å². The van der Waals surface area contributed by atoms with Crippen molar-refractivity contribution in [2.24, 2.45) is 5.92 Å². The molecule has 0 bridgehead atoms. The molecule has 1 saturated carbocycles. The monoisotopic (exact) mass is 302 g/mol. The molecule has 0 radical (unpaired) electrons. The fourth-order valence-corrected chi connectivity index (χ4v) is 2.82. The second kappa shape index (κ2) is 5.35. The lowest BCUT2D eigenvalue weighted by Crippen LogP contribution is -2.45. The fraction of sp³-hybridized carbons (Fsp3) is 0.562. The summed E-state index contributed by atoms with van der Waals surface area (Å²) in [5.41, 5.74) is 1.03. The number of amides is 1. The van der Waals surface area contributed by atoms with Crippen molar-refractivity contribution in [3.8, 4) is 0 Å². The van der Waals surface area contributed by atoms with Crippen LogP contribution in [0.25, 0.3) is 5.65 Å². The van der Waals surface area contributed by atoms with E-state index in [1.165, 1.54) is 12.8 Å². The lowest BCUT2D eigenvalue weighted by Gasteiger charge is -2.25. The van der Waals surface area contributed by atoms with Crippen molar-refractivity contribution in [1.29, 1.82) is 0 Å². The maximum absolute atomic E-state index is 12.6. The summed E-state index contributed by atoms with van der Waals surface area (Å²) in [5, 5.41) is 3.14. The minimum Gasteiger partial charge on any atom is -0.377 e. The Morgan fingerprint density at radius 3 is 2.82 bits per heavy atom. The van der Waals surface area contributed by atoms with E-state index in [4.69, 9.17) is 4.74 Å². The Hall–Kier alpha value is -1.95. The van der Waals surface area contributed by atoms with Gasteiger partial charge in [-0.1, -0.05) is 0 Å². The molecule has 1 N–H and O–H groups in total. The number of aryl methyl sites for hydroxylation is 1. The Bertz CT molecular complexity index is 716. The molecule has 1 aliphatic rings. The van der Waals surface area contributed by atoms with Gasteiger partial charge in [-0.3, -0.25) is 9.20 Å². The molecule has 1 amide bonds. The van der Waals surface area contributed by atoms with Crippen LogP contribution < -0.4 is 5.32 Å². The van der Waals surface area contributed by atoms with Crippen molar-refractivity contribution in [1.82, 2.24) is 19.7 Å². The van der Waals surface area contributed by atoms with Crippen molar-refractivity contribution in [2.75, 3.05) is 7.11 Å². The molecule has 0 saturated heterocycles. The Kier molecular flexibility index (Phi) is 3.64. The van der Waals surface area contributed by atoms with Gasteiger partial charge in [-0.05, 0) is 45.6 Å². The van der Waals surface area contributed by atoms with E-state index in [0.717, 1.165) is 5.82 Å². The summed E-state index contributed by atoms with van der Waals surface area (Å²) in [6.07, 6.45) is 4.20. The number of nitrogens with zero attached hydrogens (tertiary/aromatic N) is 3. The van der Waals surface area contributed by atoms with Crippen molar-refractivity contribution >= 4 is 11.6 Å². The van der Waals surface area contributed by atoms with Crippen molar-refractivity contribution in [2.45, 2.75) is 45.8 Å². The quantitative estimate of drug-likeness (QED) is 0.918. The lowest BCUT2D eigenvalue weighted by molar-refractivity contribution is 0.0905. The number of hydrogen-bond acceptors (Lipinski definition) is 4. The highest BCUT2D eigenvalue weighted by atomic mass is 16.5. The molecule has 3 rings (SSSR count). The SMILES string of the molecule is COCc1nc(C)n2ccc(C(=O)NC(C)(C)C3CC3)c2n1. The summed E-state index contributed by atoms with van der Waals surface area (Å²) in [5.74, 6) is 1.87. The van der Waals surface area contributed by atoms with Crippen LogP contribution in [-0.4, -0.2) is 32.9 Å². The standard InChI is InChI=1S/C16H22N4O2/c1-10-17-13(9-22-4)18-14-12(7-8-20(10)14)15(21)19-16(2,3)11-5-6-11/h7-8,11H,5-6,9H2,1-4H3,(H,19,21). The molecule has 0 atom stereocenters.